The van der Waals surface area contributed by atoms with Gasteiger partial charge in [-0.1, -0.05) is 0 Å². The summed E-state index contributed by atoms with van der Waals surface area (Å²) in [4.78, 5) is 16.8. The average molecular weight is 273 g/mol. The third kappa shape index (κ3) is 2.14. The number of hydrogen-bond donors (Lipinski definition) is 1. The van der Waals surface area contributed by atoms with E-state index in [2.05, 4.69) is 25.1 Å². The molecule has 3 rings (SSSR count). The molecule has 1 aliphatic rings. The van der Waals surface area contributed by atoms with E-state index in [-0.39, 0.29) is 5.92 Å². The predicted octanol–water partition coefficient (Wildman–Crippen LogP) is 0.583. The fourth-order valence-corrected chi connectivity index (χ4v) is 2.34. The summed E-state index contributed by atoms with van der Waals surface area (Å²) in [6, 6.07) is 0. The zero-order valence-corrected chi connectivity index (χ0v) is 11.1. The van der Waals surface area contributed by atoms with Crippen LogP contribution in [-0.4, -0.2) is 45.5 Å². The Morgan fingerprint density at radius 3 is 3.20 bits per heavy atom. The Bertz CT molecular complexity index is 670. The van der Waals surface area contributed by atoms with E-state index in [9.17, 15) is 0 Å². The number of aromatic nitrogens is 4. The van der Waals surface area contributed by atoms with Crippen LogP contribution in [0.5, 0.6) is 0 Å². The van der Waals surface area contributed by atoms with Gasteiger partial charge in [0.05, 0.1) is 18.6 Å². The van der Waals surface area contributed by atoms with Gasteiger partial charge >= 0.3 is 0 Å². The van der Waals surface area contributed by atoms with Crippen LogP contribution in [0.4, 0.5) is 5.82 Å². The van der Waals surface area contributed by atoms with Crippen molar-refractivity contribution in [1.82, 2.24) is 19.6 Å². The molecule has 20 heavy (non-hydrogen) atoms. The Morgan fingerprint density at radius 1 is 1.55 bits per heavy atom. The Balaban J connectivity index is 2.14. The fourth-order valence-electron chi connectivity index (χ4n) is 2.34. The van der Waals surface area contributed by atoms with Gasteiger partial charge in [-0.3, -0.25) is 0 Å². The molecule has 1 saturated heterocycles. The van der Waals surface area contributed by atoms with Gasteiger partial charge in [0, 0.05) is 12.5 Å². The highest BCUT2D eigenvalue weighted by Crippen LogP contribution is 2.31. The summed E-state index contributed by atoms with van der Waals surface area (Å²) in [5.41, 5.74) is 6.93. The molecule has 0 saturated carbocycles. The van der Waals surface area contributed by atoms with Crippen molar-refractivity contribution in [3.63, 3.8) is 0 Å². The van der Waals surface area contributed by atoms with Gasteiger partial charge in [-0.15, -0.1) is 0 Å². The molecule has 8 heteroatoms. The van der Waals surface area contributed by atoms with Gasteiger partial charge in [0.15, 0.2) is 5.82 Å². The lowest BCUT2D eigenvalue weighted by atomic mass is 10.0. The number of nitrogens with zero attached hydrogens (tertiary/aromatic N) is 6. The molecular weight excluding hydrogens is 258 g/mol. The molecule has 0 aromatic carbocycles. The van der Waals surface area contributed by atoms with Crippen molar-refractivity contribution in [1.29, 1.82) is 0 Å². The van der Waals surface area contributed by atoms with Crippen molar-refractivity contribution in [2.24, 2.45) is 15.7 Å². The normalized spacial score (nSPS) is 19.8. The van der Waals surface area contributed by atoms with Crippen LogP contribution in [0.1, 0.15) is 23.9 Å². The maximum atomic E-state index is 5.44. The summed E-state index contributed by atoms with van der Waals surface area (Å²) in [5, 5.41) is 4.23. The van der Waals surface area contributed by atoms with Gasteiger partial charge in [-0.25, -0.2) is 24.5 Å². The predicted molar refractivity (Wildman–Crippen MR) is 74.5 cm³/mol. The summed E-state index contributed by atoms with van der Waals surface area (Å²) in [6.45, 7) is 3.34. The fraction of sp³-hybridized carbons (Fsp3) is 0.417. The smallest absolute Gasteiger partial charge is 0.183 e. The van der Waals surface area contributed by atoms with Crippen LogP contribution in [0.15, 0.2) is 16.3 Å². The lowest BCUT2D eigenvalue weighted by Crippen LogP contribution is -2.00. The Labute approximate surface area is 115 Å². The molecule has 0 amide bonds. The second kappa shape index (κ2) is 5.33. The van der Waals surface area contributed by atoms with Gasteiger partial charge < -0.3 is 10.5 Å². The van der Waals surface area contributed by atoms with Crippen molar-refractivity contribution in [3.05, 3.63) is 17.8 Å². The molecule has 1 fully saturated rings. The van der Waals surface area contributed by atoms with E-state index in [1.54, 1.807) is 4.52 Å². The van der Waals surface area contributed by atoms with Crippen LogP contribution >= 0.6 is 0 Å². The maximum absolute atomic E-state index is 5.44. The third-order valence-corrected chi connectivity index (χ3v) is 3.25. The molecule has 1 aliphatic heterocycles. The molecule has 3 heterocycles. The number of nitrogens with two attached hydrogens (primary N) is 1. The first-order valence-corrected chi connectivity index (χ1v) is 6.35. The number of aliphatic imine (C=N–C) groups is 2. The number of hydrogen-bond acceptors (Lipinski definition) is 5. The summed E-state index contributed by atoms with van der Waals surface area (Å²) >= 11 is 0. The van der Waals surface area contributed by atoms with Crippen LogP contribution in [0.3, 0.4) is 0 Å². The van der Waals surface area contributed by atoms with Gasteiger partial charge in [-0.2, -0.15) is 5.10 Å². The zero-order valence-electron chi connectivity index (χ0n) is 11.1. The van der Waals surface area contributed by atoms with E-state index in [1.807, 2.05) is 6.92 Å². The van der Waals surface area contributed by atoms with E-state index in [1.165, 1.54) is 19.0 Å². The van der Waals surface area contributed by atoms with Crippen LogP contribution in [-0.2, 0) is 4.74 Å². The van der Waals surface area contributed by atoms with Gasteiger partial charge in [-0.05, 0) is 13.3 Å². The van der Waals surface area contributed by atoms with Gasteiger partial charge in [0.1, 0.15) is 24.0 Å². The SMILES string of the molecule is Cc1nc(C2CCOC2)c2c(N=CN=CN)ncnn12. The second-order valence-electron chi connectivity index (χ2n) is 4.49. The lowest BCUT2D eigenvalue weighted by Gasteiger charge is -2.05. The van der Waals surface area contributed by atoms with E-state index >= 15 is 0 Å². The molecule has 0 radical (unpaired) electrons. The largest absolute Gasteiger partial charge is 0.390 e. The number of imidazole rings is 1. The highest BCUT2D eigenvalue weighted by Gasteiger charge is 2.25. The number of ether oxygens (including phenoxy) is 1. The highest BCUT2D eigenvalue weighted by molar-refractivity contribution is 5.76. The third-order valence-electron chi connectivity index (χ3n) is 3.25. The minimum Gasteiger partial charge on any atom is -0.390 e. The van der Waals surface area contributed by atoms with Crippen LogP contribution in [0.2, 0.25) is 0 Å². The molecule has 0 aliphatic carbocycles. The topological polar surface area (TPSA) is 103 Å². The summed E-state index contributed by atoms with van der Waals surface area (Å²) < 4.78 is 7.19. The van der Waals surface area contributed by atoms with E-state index in [4.69, 9.17) is 10.5 Å². The van der Waals surface area contributed by atoms with Crippen molar-refractivity contribution < 1.29 is 4.74 Å². The minimum absolute atomic E-state index is 0.261. The van der Waals surface area contributed by atoms with Crippen molar-refractivity contribution >= 4 is 24.0 Å². The molecular formula is C12H15N7O. The van der Waals surface area contributed by atoms with Gasteiger partial charge in [0.25, 0.3) is 0 Å². The number of aryl methyl sites for hydroxylation is 1. The first-order valence-electron chi connectivity index (χ1n) is 6.35. The molecule has 104 valence electrons. The summed E-state index contributed by atoms with van der Waals surface area (Å²) in [7, 11) is 0. The molecule has 1 atom stereocenters. The molecule has 2 N–H and O–H groups in total. The summed E-state index contributed by atoms with van der Waals surface area (Å²) in [5.74, 6) is 1.60. The number of rotatable bonds is 3. The monoisotopic (exact) mass is 273 g/mol. The average Bonchev–Trinajstić information content (AvgIpc) is 3.08. The quantitative estimate of drug-likeness (QED) is 0.651. The van der Waals surface area contributed by atoms with Crippen LogP contribution in [0.25, 0.3) is 5.52 Å². The van der Waals surface area contributed by atoms with E-state index in [0.29, 0.717) is 12.4 Å². The van der Waals surface area contributed by atoms with Gasteiger partial charge in [0.2, 0.25) is 0 Å². The number of fused-ring (bicyclic) bond motifs is 1. The van der Waals surface area contributed by atoms with Crippen molar-refractivity contribution in [3.8, 4) is 0 Å². The Kier molecular flexibility index (Phi) is 3.38. The molecule has 2 aromatic heterocycles. The second-order valence-corrected chi connectivity index (χ2v) is 4.49. The first kappa shape index (κ1) is 12.7. The van der Waals surface area contributed by atoms with E-state index < -0.39 is 0 Å². The van der Waals surface area contributed by atoms with Crippen LogP contribution < -0.4 is 5.73 Å². The van der Waals surface area contributed by atoms with Crippen molar-refractivity contribution in [2.75, 3.05) is 13.2 Å². The first-order chi connectivity index (χ1) is 9.81. The minimum atomic E-state index is 0.261. The molecule has 0 bridgehead atoms. The summed E-state index contributed by atoms with van der Waals surface area (Å²) in [6.07, 6.45) is 4.94. The zero-order chi connectivity index (χ0) is 13.9. The Hall–Kier alpha value is -2.35. The highest BCUT2D eigenvalue weighted by atomic mass is 16.5. The van der Waals surface area contributed by atoms with Crippen molar-refractivity contribution in [2.45, 2.75) is 19.3 Å². The van der Waals surface area contributed by atoms with Crippen LogP contribution in [0, 0.1) is 6.92 Å². The lowest BCUT2D eigenvalue weighted by molar-refractivity contribution is 0.193. The Morgan fingerprint density at radius 2 is 2.45 bits per heavy atom. The molecule has 1 unspecified atom stereocenters. The van der Waals surface area contributed by atoms with E-state index in [0.717, 1.165) is 30.1 Å². The standard InChI is InChI=1S/C12H15N7O/c1-8-18-10(9-2-3-20-4-9)11-12(15-6-14-5-13)16-7-17-19(8)11/h5-7,9H,2-4H2,1H3,(H2,13,14,15,16,17). The molecule has 0 spiro atoms. The maximum Gasteiger partial charge on any atom is 0.183 e. The molecule has 2 aromatic rings. The molecule has 8 nitrogen and oxygen atoms in total.